The lowest BCUT2D eigenvalue weighted by Crippen LogP contribution is -2.35. The number of hydrogen-bond donors (Lipinski definition) is 2. The Morgan fingerprint density at radius 2 is 1.75 bits per heavy atom. The zero-order chi connectivity index (χ0) is 28.5. The molecule has 2 aromatic heterocycles. The number of nitrogens with zero attached hydrogens (tertiary/aromatic N) is 3. The van der Waals surface area contributed by atoms with Gasteiger partial charge >= 0.3 is 0 Å². The van der Waals surface area contributed by atoms with Crippen LogP contribution >= 0.6 is 0 Å². The number of nitrogen functional groups attached to an aromatic ring is 1. The van der Waals surface area contributed by atoms with Crippen molar-refractivity contribution in [2.75, 3.05) is 24.1 Å². The van der Waals surface area contributed by atoms with Crippen molar-refractivity contribution < 1.29 is 18.0 Å². The van der Waals surface area contributed by atoms with Crippen molar-refractivity contribution in [3.8, 4) is 22.4 Å². The van der Waals surface area contributed by atoms with Crippen molar-refractivity contribution in [2.45, 2.75) is 38.2 Å². The Balaban J connectivity index is 1.33. The van der Waals surface area contributed by atoms with Crippen LogP contribution in [0, 0.1) is 5.82 Å². The fourth-order valence-corrected chi connectivity index (χ4v) is 4.88. The third kappa shape index (κ3) is 5.99. The van der Waals surface area contributed by atoms with Gasteiger partial charge in [0.05, 0.1) is 29.5 Å². The van der Waals surface area contributed by atoms with E-state index in [2.05, 4.69) is 15.3 Å². The van der Waals surface area contributed by atoms with Gasteiger partial charge in [0.15, 0.2) is 0 Å². The number of nitrogens with one attached hydrogen (secondary N) is 1. The second-order valence-electron chi connectivity index (χ2n) is 10.7. The average Bonchev–Trinajstić information content (AvgIpc) is 3.27. The zero-order valence-corrected chi connectivity index (χ0v) is 22.3. The minimum Gasteiger partial charge on any atom is -0.398 e. The number of halogens is 3. The number of benzene rings is 2. The molecule has 3 N–H and O–H groups in total. The quantitative estimate of drug-likeness (QED) is 0.267. The van der Waals surface area contributed by atoms with Gasteiger partial charge in [-0.05, 0) is 85.1 Å². The second-order valence-corrected chi connectivity index (χ2v) is 10.7. The highest BCUT2D eigenvalue weighted by atomic mass is 19.3. The Bertz CT molecular complexity index is 1520. The highest BCUT2D eigenvalue weighted by Crippen LogP contribution is 2.34. The van der Waals surface area contributed by atoms with Crippen LogP contribution in [0.4, 0.5) is 24.5 Å². The van der Waals surface area contributed by atoms with E-state index >= 15 is 0 Å². The minimum atomic E-state index is -2.65. The maximum Gasteiger partial charge on any atom is 0.261 e. The number of hydrogen-bond acceptors (Lipinski definition) is 5. The smallest absolute Gasteiger partial charge is 0.261 e. The first-order valence-corrected chi connectivity index (χ1v) is 13.0. The van der Waals surface area contributed by atoms with Crippen LogP contribution in [0.5, 0.6) is 0 Å². The standard InChI is InChI=1S/C31H30F3N5O/c1-30(2,29(40)38-25-8-10-28(37-17-25)21-3-6-24(32)7-4-21)26-14-22(5-9-27(26)35)23-13-20(15-36-16-23)18-39-12-11-31(33,34)19-39/h3-10,13-17H,11-12,18-19,35H2,1-2H3,(H,38,40). The number of likely N-dealkylation sites (tertiary alicyclic amines) is 1. The molecule has 0 atom stereocenters. The van der Waals surface area contributed by atoms with Gasteiger partial charge in [0, 0.05) is 48.7 Å². The number of aromatic nitrogens is 2. The summed E-state index contributed by atoms with van der Waals surface area (Å²) >= 11 is 0. The molecule has 1 saturated heterocycles. The molecule has 9 heteroatoms. The first kappa shape index (κ1) is 27.3. The summed E-state index contributed by atoms with van der Waals surface area (Å²) in [5, 5.41) is 2.91. The molecule has 1 fully saturated rings. The lowest BCUT2D eigenvalue weighted by molar-refractivity contribution is -0.120. The number of alkyl halides is 2. The largest absolute Gasteiger partial charge is 0.398 e. The molecule has 0 saturated carbocycles. The van der Waals surface area contributed by atoms with Crippen molar-refractivity contribution in [3.05, 3.63) is 96.2 Å². The summed E-state index contributed by atoms with van der Waals surface area (Å²) in [6, 6.07) is 16.9. The van der Waals surface area contributed by atoms with E-state index in [0.717, 1.165) is 22.3 Å². The van der Waals surface area contributed by atoms with Gasteiger partial charge in [0.1, 0.15) is 5.82 Å². The topological polar surface area (TPSA) is 84.1 Å². The van der Waals surface area contributed by atoms with Crippen LogP contribution in [-0.2, 0) is 16.8 Å². The predicted molar refractivity (Wildman–Crippen MR) is 150 cm³/mol. The van der Waals surface area contributed by atoms with Crippen LogP contribution in [0.3, 0.4) is 0 Å². The number of carbonyl (C=O) groups is 1. The molecular weight excluding hydrogens is 515 g/mol. The van der Waals surface area contributed by atoms with E-state index in [1.807, 2.05) is 18.2 Å². The Morgan fingerprint density at radius 3 is 2.42 bits per heavy atom. The Morgan fingerprint density at radius 1 is 1.00 bits per heavy atom. The summed E-state index contributed by atoms with van der Waals surface area (Å²) in [5.41, 5.74) is 10.8. The summed E-state index contributed by atoms with van der Waals surface area (Å²) in [5.74, 6) is -3.24. The Hall–Kier alpha value is -4.24. The Kier molecular flexibility index (Phi) is 7.33. The lowest BCUT2D eigenvalue weighted by Gasteiger charge is -2.26. The lowest BCUT2D eigenvalue weighted by atomic mass is 9.81. The molecule has 40 heavy (non-hydrogen) atoms. The molecule has 0 spiro atoms. The molecule has 1 amide bonds. The van der Waals surface area contributed by atoms with Crippen molar-refractivity contribution in [2.24, 2.45) is 0 Å². The van der Waals surface area contributed by atoms with Crippen LogP contribution < -0.4 is 11.1 Å². The van der Waals surface area contributed by atoms with Gasteiger partial charge in [-0.3, -0.25) is 19.7 Å². The third-order valence-electron chi connectivity index (χ3n) is 7.24. The number of carbonyl (C=O) groups excluding carboxylic acids is 1. The molecule has 3 heterocycles. The summed E-state index contributed by atoms with van der Waals surface area (Å²) in [6.45, 7) is 4.06. The molecule has 0 radical (unpaired) electrons. The molecule has 5 rings (SSSR count). The Labute approximate surface area is 231 Å². The zero-order valence-electron chi connectivity index (χ0n) is 22.3. The van der Waals surface area contributed by atoms with Gasteiger partial charge in [-0.25, -0.2) is 13.2 Å². The van der Waals surface area contributed by atoms with Crippen molar-refractivity contribution >= 4 is 17.3 Å². The van der Waals surface area contributed by atoms with Gasteiger partial charge in [-0.1, -0.05) is 6.07 Å². The summed E-state index contributed by atoms with van der Waals surface area (Å²) in [6.07, 6.45) is 4.82. The molecule has 6 nitrogen and oxygen atoms in total. The SMILES string of the molecule is CC(C)(C(=O)Nc1ccc(-c2ccc(F)cc2)nc1)c1cc(-c2cncc(CN3CCC(F)(F)C3)c2)ccc1N. The number of nitrogens with two attached hydrogens (primary N) is 1. The van der Waals surface area contributed by atoms with Gasteiger partial charge in [0.2, 0.25) is 5.91 Å². The highest BCUT2D eigenvalue weighted by Gasteiger charge is 2.38. The maximum atomic E-state index is 13.6. The number of anilines is 2. The molecule has 2 aromatic carbocycles. The fraction of sp³-hybridized carbons (Fsp3) is 0.258. The second kappa shape index (κ2) is 10.7. The van der Waals surface area contributed by atoms with E-state index in [1.54, 1.807) is 67.7 Å². The summed E-state index contributed by atoms with van der Waals surface area (Å²) in [4.78, 5) is 23.9. The molecule has 0 unspecified atom stereocenters. The molecule has 0 bridgehead atoms. The van der Waals surface area contributed by atoms with Crippen LogP contribution in [-0.4, -0.2) is 39.8 Å². The average molecular weight is 546 g/mol. The van der Waals surface area contributed by atoms with Crippen LogP contribution in [0.15, 0.2) is 79.3 Å². The number of amides is 1. The predicted octanol–water partition coefficient (Wildman–Crippen LogP) is 6.29. The third-order valence-corrected chi connectivity index (χ3v) is 7.24. The number of rotatable bonds is 7. The molecule has 206 valence electrons. The monoisotopic (exact) mass is 545 g/mol. The van der Waals surface area contributed by atoms with Crippen molar-refractivity contribution in [3.63, 3.8) is 0 Å². The molecule has 4 aromatic rings. The summed E-state index contributed by atoms with van der Waals surface area (Å²) < 4.78 is 40.5. The van der Waals surface area contributed by atoms with E-state index in [1.165, 1.54) is 12.1 Å². The highest BCUT2D eigenvalue weighted by molar-refractivity contribution is 5.99. The molecule has 1 aliphatic rings. The van der Waals surface area contributed by atoms with E-state index < -0.39 is 11.3 Å². The first-order chi connectivity index (χ1) is 19.0. The first-order valence-electron chi connectivity index (χ1n) is 13.0. The van der Waals surface area contributed by atoms with Crippen molar-refractivity contribution in [1.29, 1.82) is 0 Å². The van der Waals surface area contributed by atoms with E-state index in [4.69, 9.17) is 5.73 Å². The number of pyridine rings is 2. The normalized spacial score (nSPS) is 15.2. The molecule has 0 aliphatic carbocycles. The maximum absolute atomic E-state index is 13.6. The van der Waals surface area contributed by atoms with Crippen LogP contribution in [0.2, 0.25) is 0 Å². The van der Waals surface area contributed by atoms with Crippen LogP contribution in [0.25, 0.3) is 22.4 Å². The molecule has 1 aliphatic heterocycles. The van der Waals surface area contributed by atoms with Gasteiger partial charge < -0.3 is 11.1 Å². The summed E-state index contributed by atoms with van der Waals surface area (Å²) in [7, 11) is 0. The van der Waals surface area contributed by atoms with E-state index in [0.29, 0.717) is 35.7 Å². The van der Waals surface area contributed by atoms with E-state index in [-0.39, 0.29) is 24.7 Å². The van der Waals surface area contributed by atoms with Gasteiger partial charge in [-0.15, -0.1) is 0 Å². The van der Waals surface area contributed by atoms with Crippen LogP contribution in [0.1, 0.15) is 31.4 Å². The van der Waals surface area contributed by atoms with E-state index in [9.17, 15) is 18.0 Å². The van der Waals surface area contributed by atoms with Gasteiger partial charge in [0.25, 0.3) is 5.92 Å². The fourth-order valence-electron chi connectivity index (χ4n) is 4.88. The minimum absolute atomic E-state index is 0.132. The van der Waals surface area contributed by atoms with Crippen molar-refractivity contribution in [1.82, 2.24) is 14.9 Å². The molecular formula is C31H30F3N5O. The van der Waals surface area contributed by atoms with Gasteiger partial charge in [-0.2, -0.15) is 0 Å².